The Labute approximate surface area is 123 Å². The lowest BCUT2D eigenvalue weighted by Gasteiger charge is -2.25. The molecule has 0 amide bonds. The van der Waals surface area contributed by atoms with Crippen LogP contribution in [0.2, 0.25) is 0 Å². The number of hydrogen-bond donors (Lipinski definition) is 0. The average Bonchev–Trinajstić information content (AvgIpc) is 2.85. The molecule has 118 valence electrons. The summed E-state index contributed by atoms with van der Waals surface area (Å²) in [4.78, 5) is 8.13. The number of aryl methyl sites for hydroxylation is 1. The van der Waals surface area contributed by atoms with E-state index in [0.29, 0.717) is 13.1 Å². The lowest BCUT2D eigenvalue weighted by atomic mass is 10.1. The Bertz CT molecular complexity index is 462. The van der Waals surface area contributed by atoms with Crippen LogP contribution in [0, 0.1) is 12.8 Å². The Kier molecular flexibility index (Phi) is 5.08. The summed E-state index contributed by atoms with van der Waals surface area (Å²) >= 11 is 0. The highest BCUT2D eigenvalue weighted by Gasteiger charge is 2.32. The zero-order valence-corrected chi connectivity index (χ0v) is 12.5. The Morgan fingerprint density at radius 2 is 2.14 bits per heavy atom. The predicted molar refractivity (Wildman–Crippen MR) is 77.5 cm³/mol. The summed E-state index contributed by atoms with van der Waals surface area (Å²) in [6.45, 7) is 5.48. The molecule has 0 aromatic carbocycles. The molecule has 1 aromatic rings. The van der Waals surface area contributed by atoms with Gasteiger partial charge in [0, 0.05) is 25.3 Å². The van der Waals surface area contributed by atoms with Gasteiger partial charge >= 0.3 is 6.18 Å². The van der Waals surface area contributed by atoms with E-state index in [-0.39, 0.29) is 5.92 Å². The zero-order chi connectivity index (χ0) is 15.5. The van der Waals surface area contributed by atoms with Gasteiger partial charge in [0.25, 0.3) is 0 Å². The minimum absolute atomic E-state index is 0.273. The van der Waals surface area contributed by atoms with Crippen molar-refractivity contribution in [2.45, 2.75) is 26.4 Å². The van der Waals surface area contributed by atoms with Gasteiger partial charge in [-0.2, -0.15) is 13.2 Å². The van der Waals surface area contributed by atoms with E-state index in [0.717, 1.165) is 31.0 Å². The van der Waals surface area contributed by atoms with Crippen molar-refractivity contribution >= 4 is 5.82 Å². The van der Waals surface area contributed by atoms with Crippen LogP contribution in [-0.4, -0.2) is 48.8 Å². The second-order valence-corrected chi connectivity index (χ2v) is 5.68. The molecule has 1 saturated heterocycles. The molecule has 1 fully saturated rings. The lowest BCUT2D eigenvalue weighted by molar-refractivity contribution is -0.146. The molecule has 0 aliphatic carbocycles. The SMILES string of the molecule is CCN(C[C@H]1CCN(c2cccc(C)n2)C1)CC(F)(F)F. The third-order valence-corrected chi connectivity index (χ3v) is 3.85. The molecule has 0 unspecified atom stereocenters. The Morgan fingerprint density at radius 3 is 2.76 bits per heavy atom. The molecule has 0 spiro atoms. The number of hydrogen-bond acceptors (Lipinski definition) is 3. The molecule has 3 nitrogen and oxygen atoms in total. The van der Waals surface area contributed by atoms with E-state index in [4.69, 9.17) is 0 Å². The third kappa shape index (κ3) is 4.88. The zero-order valence-electron chi connectivity index (χ0n) is 12.5. The molecule has 1 aromatic heterocycles. The number of anilines is 1. The van der Waals surface area contributed by atoms with E-state index in [2.05, 4.69) is 9.88 Å². The summed E-state index contributed by atoms with van der Waals surface area (Å²) in [6.07, 6.45) is -3.20. The second kappa shape index (κ2) is 6.64. The van der Waals surface area contributed by atoms with Gasteiger partial charge in [-0.25, -0.2) is 4.98 Å². The van der Waals surface area contributed by atoms with E-state index < -0.39 is 12.7 Å². The van der Waals surface area contributed by atoms with Crippen LogP contribution >= 0.6 is 0 Å². The van der Waals surface area contributed by atoms with Crippen LogP contribution in [0.15, 0.2) is 18.2 Å². The van der Waals surface area contributed by atoms with Crippen LogP contribution in [0.4, 0.5) is 19.0 Å². The summed E-state index contributed by atoms with van der Waals surface area (Å²) < 4.78 is 37.5. The van der Waals surface area contributed by atoms with E-state index in [1.54, 1.807) is 6.92 Å². The summed E-state index contributed by atoms with van der Waals surface area (Å²) in [5.74, 6) is 1.20. The number of pyridine rings is 1. The van der Waals surface area contributed by atoms with Gasteiger partial charge in [-0.1, -0.05) is 13.0 Å². The molecular formula is C15H22F3N3. The van der Waals surface area contributed by atoms with Crippen molar-refractivity contribution in [3.63, 3.8) is 0 Å². The molecule has 1 atom stereocenters. The minimum atomic E-state index is -4.12. The molecular weight excluding hydrogens is 279 g/mol. The first-order valence-corrected chi connectivity index (χ1v) is 7.35. The van der Waals surface area contributed by atoms with E-state index in [1.807, 2.05) is 25.1 Å². The number of rotatable bonds is 5. The van der Waals surface area contributed by atoms with Crippen molar-refractivity contribution < 1.29 is 13.2 Å². The van der Waals surface area contributed by atoms with Gasteiger partial charge in [0.1, 0.15) is 5.82 Å². The second-order valence-electron chi connectivity index (χ2n) is 5.68. The van der Waals surface area contributed by atoms with E-state index in [9.17, 15) is 13.2 Å². The van der Waals surface area contributed by atoms with Gasteiger partial charge in [0.05, 0.1) is 6.54 Å². The Hall–Kier alpha value is -1.30. The monoisotopic (exact) mass is 301 g/mol. The van der Waals surface area contributed by atoms with Crippen molar-refractivity contribution in [3.8, 4) is 0 Å². The van der Waals surface area contributed by atoms with Crippen molar-refractivity contribution in [2.24, 2.45) is 5.92 Å². The highest BCUT2D eigenvalue weighted by Crippen LogP contribution is 2.24. The number of nitrogens with zero attached hydrogens (tertiary/aromatic N) is 3. The van der Waals surface area contributed by atoms with Crippen LogP contribution in [0.1, 0.15) is 19.0 Å². The normalized spacial score (nSPS) is 19.5. The number of alkyl halides is 3. The minimum Gasteiger partial charge on any atom is -0.356 e. The van der Waals surface area contributed by atoms with Gasteiger partial charge in [-0.3, -0.25) is 4.90 Å². The first-order chi connectivity index (χ1) is 9.87. The topological polar surface area (TPSA) is 19.4 Å². The molecule has 0 saturated carbocycles. The van der Waals surface area contributed by atoms with Crippen molar-refractivity contribution in [2.75, 3.05) is 37.6 Å². The fourth-order valence-electron chi connectivity index (χ4n) is 2.82. The first-order valence-electron chi connectivity index (χ1n) is 7.35. The average molecular weight is 301 g/mol. The fourth-order valence-corrected chi connectivity index (χ4v) is 2.82. The van der Waals surface area contributed by atoms with Gasteiger partial charge in [0.15, 0.2) is 0 Å². The van der Waals surface area contributed by atoms with Crippen LogP contribution in [0.3, 0.4) is 0 Å². The molecule has 0 bridgehead atoms. The third-order valence-electron chi connectivity index (χ3n) is 3.85. The Balaban J connectivity index is 1.90. The first kappa shape index (κ1) is 16.1. The van der Waals surface area contributed by atoms with Crippen LogP contribution < -0.4 is 4.90 Å². The van der Waals surface area contributed by atoms with Crippen molar-refractivity contribution in [1.82, 2.24) is 9.88 Å². The number of aromatic nitrogens is 1. The van der Waals surface area contributed by atoms with E-state index >= 15 is 0 Å². The molecule has 0 radical (unpaired) electrons. The Morgan fingerprint density at radius 1 is 1.38 bits per heavy atom. The quantitative estimate of drug-likeness (QED) is 0.833. The largest absolute Gasteiger partial charge is 0.401 e. The van der Waals surface area contributed by atoms with E-state index in [1.165, 1.54) is 4.90 Å². The van der Waals surface area contributed by atoms with Crippen LogP contribution in [0.5, 0.6) is 0 Å². The molecule has 21 heavy (non-hydrogen) atoms. The van der Waals surface area contributed by atoms with Crippen molar-refractivity contribution in [3.05, 3.63) is 23.9 Å². The van der Waals surface area contributed by atoms with Crippen LogP contribution in [0.25, 0.3) is 0 Å². The summed E-state index contributed by atoms with van der Waals surface area (Å²) in [7, 11) is 0. The highest BCUT2D eigenvalue weighted by atomic mass is 19.4. The fraction of sp³-hybridized carbons (Fsp3) is 0.667. The van der Waals surface area contributed by atoms with Gasteiger partial charge in [-0.15, -0.1) is 0 Å². The number of halogens is 3. The molecule has 1 aliphatic rings. The molecule has 2 heterocycles. The lowest BCUT2D eigenvalue weighted by Crippen LogP contribution is -2.38. The van der Waals surface area contributed by atoms with Gasteiger partial charge in [-0.05, 0) is 37.9 Å². The summed E-state index contributed by atoms with van der Waals surface area (Å²) in [6, 6.07) is 5.87. The van der Waals surface area contributed by atoms with Crippen molar-refractivity contribution in [1.29, 1.82) is 0 Å². The summed E-state index contributed by atoms with van der Waals surface area (Å²) in [5.41, 5.74) is 0.961. The smallest absolute Gasteiger partial charge is 0.356 e. The maximum absolute atomic E-state index is 12.5. The predicted octanol–water partition coefficient (Wildman–Crippen LogP) is 3.10. The highest BCUT2D eigenvalue weighted by molar-refractivity contribution is 5.40. The van der Waals surface area contributed by atoms with Gasteiger partial charge < -0.3 is 4.90 Å². The maximum atomic E-state index is 12.5. The molecule has 2 rings (SSSR count). The molecule has 6 heteroatoms. The summed E-state index contributed by atoms with van der Waals surface area (Å²) in [5, 5.41) is 0. The standard InChI is InChI=1S/C15H22F3N3/c1-3-20(11-15(16,17)18)9-13-7-8-21(10-13)14-6-4-5-12(2)19-14/h4-6,13H,3,7-11H2,1-2H3/t13-/m1/s1. The van der Waals surface area contributed by atoms with Gasteiger partial charge in [0.2, 0.25) is 0 Å². The molecule has 0 N–H and O–H groups in total. The molecule has 1 aliphatic heterocycles. The maximum Gasteiger partial charge on any atom is 0.401 e. The van der Waals surface area contributed by atoms with Crippen LogP contribution in [-0.2, 0) is 0 Å².